The minimum Gasteiger partial charge on any atom is -0.487 e. The minimum absolute atomic E-state index is 0.0582. The topological polar surface area (TPSA) is 95.9 Å². The zero-order chi connectivity index (χ0) is 22.4. The lowest BCUT2D eigenvalue weighted by atomic mass is 10.2. The van der Waals surface area contributed by atoms with Crippen molar-refractivity contribution in [3.8, 4) is 5.75 Å². The number of rotatable bonds is 10. The summed E-state index contributed by atoms with van der Waals surface area (Å²) in [5.41, 5.74) is 8.30. The van der Waals surface area contributed by atoms with E-state index in [2.05, 4.69) is 11.9 Å². The predicted molar refractivity (Wildman–Crippen MR) is 116 cm³/mol. The molecule has 1 aromatic carbocycles. The summed E-state index contributed by atoms with van der Waals surface area (Å²) in [5.74, 6) is 0.458. The Morgan fingerprint density at radius 2 is 1.97 bits per heavy atom. The van der Waals surface area contributed by atoms with E-state index in [0.717, 1.165) is 36.2 Å². The molecule has 2 aromatic heterocycles. The van der Waals surface area contributed by atoms with Crippen molar-refractivity contribution in [1.29, 1.82) is 0 Å². The fourth-order valence-corrected chi connectivity index (χ4v) is 3.87. The summed E-state index contributed by atoms with van der Waals surface area (Å²) in [5, 5.41) is 0. The van der Waals surface area contributed by atoms with Gasteiger partial charge in [-0.05, 0) is 44.0 Å². The Labute approximate surface area is 181 Å². The van der Waals surface area contributed by atoms with Crippen LogP contribution in [0.3, 0.4) is 0 Å². The Balaban J connectivity index is 1.64. The highest BCUT2D eigenvalue weighted by Crippen LogP contribution is 2.19. The number of fused-ring (bicyclic) bond motifs is 1. The van der Waals surface area contributed by atoms with E-state index in [1.54, 1.807) is 30.5 Å². The van der Waals surface area contributed by atoms with Gasteiger partial charge >= 0.3 is 0 Å². The number of pyridine rings is 1. The van der Waals surface area contributed by atoms with Gasteiger partial charge in [0.05, 0.1) is 23.1 Å². The fourth-order valence-electron chi connectivity index (χ4n) is 2.89. The molecule has 7 nitrogen and oxygen atoms in total. The normalized spacial score (nSPS) is 13.5. The molecule has 1 atom stereocenters. The van der Waals surface area contributed by atoms with E-state index in [0.29, 0.717) is 5.75 Å². The summed E-state index contributed by atoms with van der Waals surface area (Å²) >= 11 is 0. The standard InChI is InChI=1S/C22H26FN3O4S/c1-3-4-5-18-13-26-14-19(8-11-21(26)25-18)29-15-17(12-23)22(24)30-31(27,28)20-9-6-16(2)7-10-20/h6-14,22H,3-5,15,24H2,1-2H3. The zero-order valence-corrected chi connectivity index (χ0v) is 18.3. The molecule has 0 aliphatic heterocycles. The van der Waals surface area contributed by atoms with E-state index in [4.69, 9.17) is 14.7 Å². The molecule has 0 saturated carbocycles. The number of nitrogens with two attached hydrogens (primary N) is 1. The summed E-state index contributed by atoms with van der Waals surface area (Å²) in [6.07, 6.45) is 5.37. The Hall–Kier alpha value is -2.75. The molecule has 0 aliphatic rings. The lowest BCUT2D eigenvalue weighted by Crippen LogP contribution is -2.31. The van der Waals surface area contributed by atoms with E-state index in [1.807, 2.05) is 17.5 Å². The van der Waals surface area contributed by atoms with Crippen molar-refractivity contribution >= 4 is 15.8 Å². The largest absolute Gasteiger partial charge is 0.487 e. The van der Waals surface area contributed by atoms with E-state index in [-0.39, 0.29) is 23.4 Å². The first-order valence-electron chi connectivity index (χ1n) is 9.97. The van der Waals surface area contributed by atoms with Crippen LogP contribution in [0.2, 0.25) is 0 Å². The third-order valence-electron chi connectivity index (χ3n) is 4.71. The molecule has 2 N–H and O–H groups in total. The monoisotopic (exact) mass is 447 g/mol. The van der Waals surface area contributed by atoms with Crippen LogP contribution in [0.5, 0.6) is 5.75 Å². The molecule has 1 unspecified atom stereocenters. The summed E-state index contributed by atoms with van der Waals surface area (Å²) < 4.78 is 50.5. The number of hydrogen-bond donors (Lipinski definition) is 1. The first kappa shape index (κ1) is 22.9. The van der Waals surface area contributed by atoms with E-state index in [1.165, 1.54) is 12.1 Å². The number of benzene rings is 1. The van der Waals surface area contributed by atoms with Crippen molar-refractivity contribution in [2.75, 3.05) is 6.61 Å². The van der Waals surface area contributed by atoms with Gasteiger partial charge in [0, 0.05) is 11.8 Å². The number of ether oxygens (including phenoxy) is 1. The molecule has 9 heteroatoms. The number of halogens is 1. The maximum absolute atomic E-state index is 13.4. The van der Waals surface area contributed by atoms with Crippen molar-refractivity contribution in [3.63, 3.8) is 0 Å². The molecule has 31 heavy (non-hydrogen) atoms. The number of hydrogen-bond acceptors (Lipinski definition) is 6. The lowest BCUT2D eigenvalue weighted by molar-refractivity contribution is 0.224. The highest BCUT2D eigenvalue weighted by Gasteiger charge is 2.22. The Morgan fingerprint density at radius 3 is 2.65 bits per heavy atom. The number of nitrogens with zero attached hydrogens (tertiary/aromatic N) is 2. The summed E-state index contributed by atoms with van der Waals surface area (Å²) in [6.45, 7) is 3.68. The molecule has 0 aliphatic carbocycles. The van der Waals surface area contributed by atoms with Gasteiger partial charge in [0.25, 0.3) is 10.1 Å². The lowest BCUT2D eigenvalue weighted by Gasteiger charge is -2.16. The van der Waals surface area contributed by atoms with Crippen molar-refractivity contribution < 1.29 is 21.7 Å². The number of unbranched alkanes of at least 4 members (excludes halogenated alkanes) is 1. The van der Waals surface area contributed by atoms with Crippen molar-refractivity contribution in [2.45, 2.75) is 44.2 Å². The molecule has 3 aromatic rings. The molecule has 0 bridgehead atoms. The molecule has 0 spiro atoms. The summed E-state index contributed by atoms with van der Waals surface area (Å²) in [7, 11) is -4.15. The highest BCUT2D eigenvalue weighted by atomic mass is 32.2. The maximum atomic E-state index is 13.4. The molecule has 0 saturated heterocycles. The Bertz CT molecular complexity index is 1160. The molecule has 166 valence electrons. The third kappa shape index (κ3) is 5.90. The molecule has 0 amide bonds. The SMILES string of the molecule is CCCCc1cn2cc(OCC(=CF)C(N)OS(=O)(=O)c3ccc(C)cc3)ccc2n1. The quantitative estimate of drug-likeness (QED) is 0.374. The van der Waals surface area contributed by atoms with Crippen molar-refractivity contribution in [3.05, 3.63) is 72.0 Å². The van der Waals surface area contributed by atoms with Crippen LogP contribution in [0.25, 0.3) is 5.65 Å². The maximum Gasteiger partial charge on any atom is 0.298 e. The van der Waals surface area contributed by atoms with Crippen molar-refractivity contribution in [1.82, 2.24) is 9.38 Å². The van der Waals surface area contributed by atoms with Gasteiger partial charge in [-0.2, -0.15) is 8.42 Å². The molecular formula is C22H26FN3O4S. The van der Waals surface area contributed by atoms with Crippen LogP contribution < -0.4 is 10.5 Å². The number of aryl methyl sites for hydroxylation is 2. The van der Waals surface area contributed by atoms with Gasteiger partial charge in [0.1, 0.15) is 18.0 Å². The number of aromatic nitrogens is 2. The van der Waals surface area contributed by atoms with E-state index in [9.17, 15) is 12.8 Å². The highest BCUT2D eigenvalue weighted by molar-refractivity contribution is 7.86. The van der Waals surface area contributed by atoms with Crippen LogP contribution in [0.15, 0.2) is 65.6 Å². The Morgan fingerprint density at radius 1 is 1.23 bits per heavy atom. The van der Waals surface area contributed by atoms with Gasteiger partial charge in [-0.1, -0.05) is 31.0 Å². The molecule has 0 radical (unpaired) electrons. The van der Waals surface area contributed by atoms with Crippen LogP contribution >= 0.6 is 0 Å². The summed E-state index contributed by atoms with van der Waals surface area (Å²) in [6, 6.07) is 9.58. The van der Waals surface area contributed by atoms with Gasteiger partial charge in [0.15, 0.2) is 6.23 Å². The predicted octanol–water partition coefficient (Wildman–Crippen LogP) is 3.91. The van der Waals surface area contributed by atoms with E-state index >= 15 is 0 Å². The molecule has 2 heterocycles. The van der Waals surface area contributed by atoms with Gasteiger partial charge in [0.2, 0.25) is 0 Å². The van der Waals surface area contributed by atoms with Gasteiger partial charge < -0.3 is 14.9 Å². The minimum atomic E-state index is -4.15. The first-order valence-corrected chi connectivity index (χ1v) is 11.4. The van der Waals surface area contributed by atoms with Gasteiger partial charge in [-0.25, -0.2) is 13.6 Å². The van der Waals surface area contributed by atoms with E-state index < -0.39 is 16.3 Å². The first-order chi connectivity index (χ1) is 14.8. The van der Waals surface area contributed by atoms with Crippen molar-refractivity contribution in [2.24, 2.45) is 5.73 Å². The molecular weight excluding hydrogens is 421 g/mol. The third-order valence-corrected chi connectivity index (χ3v) is 6.02. The zero-order valence-electron chi connectivity index (χ0n) is 17.5. The second-order valence-electron chi connectivity index (χ2n) is 7.22. The van der Waals surface area contributed by atoms with Crippen LogP contribution in [-0.2, 0) is 20.7 Å². The van der Waals surface area contributed by atoms with Gasteiger partial charge in [-0.15, -0.1) is 0 Å². The van der Waals surface area contributed by atoms with Crippen LogP contribution in [0.4, 0.5) is 4.39 Å². The Kier molecular flexibility index (Phi) is 7.42. The smallest absolute Gasteiger partial charge is 0.298 e. The second-order valence-corrected chi connectivity index (χ2v) is 8.79. The van der Waals surface area contributed by atoms with Gasteiger partial charge in [-0.3, -0.25) is 0 Å². The molecule has 0 fully saturated rings. The number of imidazole rings is 1. The van der Waals surface area contributed by atoms with Crippen LogP contribution in [-0.4, -0.2) is 30.6 Å². The summed E-state index contributed by atoms with van der Waals surface area (Å²) in [4.78, 5) is 4.48. The second kappa shape index (κ2) is 10.0. The molecule has 3 rings (SSSR count). The fraction of sp³-hybridized carbons (Fsp3) is 0.318. The van der Waals surface area contributed by atoms with Crippen LogP contribution in [0, 0.1) is 6.92 Å². The van der Waals surface area contributed by atoms with Crippen LogP contribution in [0.1, 0.15) is 31.0 Å². The average molecular weight is 448 g/mol. The average Bonchev–Trinajstić information content (AvgIpc) is 3.14.